The number of phenolic OH excluding ortho intramolecular Hbond substituents is 1. The number of hydrogen-bond acceptors (Lipinski definition) is 5. The summed E-state index contributed by atoms with van der Waals surface area (Å²) in [4.78, 5) is 13.9. The number of carbonyl (C=O) groups excluding carboxylic acids is 1. The number of nitrogens with one attached hydrogen (secondary N) is 2. The summed E-state index contributed by atoms with van der Waals surface area (Å²) in [6.07, 6.45) is -0.705. The summed E-state index contributed by atoms with van der Waals surface area (Å²) in [6, 6.07) is 8.69. The molecule has 2 aromatic rings. The molecule has 3 rings (SSSR count). The number of ether oxygens (including phenoxy) is 1. The first-order chi connectivity index (χ1) is 13.0. The van der Waals surface area contributed by atoms with E-state index in [1.54, 1.807) is 19.9 Å². The molecule has 0 saturated carbocycles. The molecule has 2 aromatic carbocycles. The number of halogens is 1. The Morgan fingerprint density at radius 1 is 1.25 bits per heavy atom. The summed E-state index contributed by atoms with van der Waals surface area (Å²) in [6.45, 7) is 3.40. The van der Waals surface area contributed by atoms with Crippen LogP contribution in [0.2, 0.25) is 0 Å². The van der Waals surface area contributed by atoms with Gasteiger partial charge in [-0.3, -0.25) is 9.62 Å². The molecule has 1 amide bonds. The van der Waals surface area contributed by atoms with E-state index >= 15 is 0 Å². The first kappa shape index (κ1) is 19.9. The number of aromatic hydroxyl groups is 1. The third-order valence-electron chi connectivity index (χ3n) is 4.64. The molecule has 0 atom stereocenters. The van der Waals surface area contributed by atoms with Crippen molar-refractivity contribution in [1.82, 2.24) is 9.62 Å². The van der Waals surface area contributed by atoms with Crippen LogP contribution in [0, 0.1) is 5.82 Å². The fourth-order valence-corrected chi connectivity index (χ4v) is 3.58. The van der Waals surface area contributed by atoms with Crippen molar-refractivity contribution < 1.29 is 27.4 Å². The van der Waals surface area contributed by atoms with E-state index in [0.29, 0.717) is 5.56 Å². The van der Waals surface area contributed by atoms with Crippen LogP contribution in [-0.4, -0.2) is 31.6 Å². The van der Waals surface area contributed by atoms with Crippen LogP contribution in [0.3, 0.4) is 0 Å². The van der Waals surface area contributed by atoms with Gasteiger partial charge in [-0.2, -0.15) is 8.42 Å². The zero-order valence-electron chi connectivity index (χ0n) is 15.5. The molecule has 0 bridgehead atoms. The lowest BCUT2D eigenvalue weighted by atomic mass is 9.89. The van der Waals surface area contributed by atoms with E-state index in [9.17, 15) is 22.7 Å². The number of nitrogens with zero attached hydrogens (tertiary/aromatic N) is 1. The molecule has 0 saturated heterocycles. The van der Waals surface area contributed by atoms with Gasteiger partial charge in [0.1, 0.15) is 11.5 Å². The monoisotopic (exact) mass is 409 g/mol. The van der Waals surface area contributed by atoms with Crippen LogP contribution in [0.5, 0.6) is 11.5 Å². The Hall–Kier alpha value is -2.85. The van der Waals surface area contributed by atoms with Gasteiger partial charge in [-0.25, -0.2) is 13.9 Å². The Morgan fingerprint density at radius 2 is 1.96 bits per heavy atom. The quantitative estimate of drug-likeness (QED) is 0.704. The van der Waals surface area contributed by atoms with E-state index in [4.69, 9.17) is 4.74 Å². The molecule has 0 aromatic heterocycles. The molecule has 10 heteroatoms. The van der Waals surface area contributed by atoms with Crippen molar-refractivity contribution >= 4 is 22.0 Å². The largest absolute Gasteiger partial charge is 0.508 e. The Kier molecular flexibility index (Phi) is 4.94. The van der Waals surface area contributed by atoms with Crippen molar-refractivity contribution in [3.05, 3.63) is 53.3 Å². The van der Waals surface area contributed by atoms with E-state index in [-0.39, 0.29) is 29.3 Å². The van der Waals surface area contributed by atoms with Crippen LogP contribution in [0.4, 0.5) is 14.9 Å². The van der Waals surface area contributed by atoms with Crippen LogP contribution in [0.25, 0.3) is 0 Å². The second-order valence-electron chi connectivity index (χ2n) is 6.78. The Labute approximate surface area is 162 Å². The lowest BCUT2D eigenvalue weighted by molar-refractivity contribution is 0.0735. The van der Waals surface area contributed by atoms with Gasteiger partial charge in [-0.1, -0.05) is 12.1 Å². The minimum atomic E-state index is -3.89. The third-order valence-corrected chi connectivity index (χ3v) is 5.66. The minimum absolute atomic E-state index is 0.0358. The zero-order chi connectivity index (χ0) is 20.7. The van der Waals surface area contributed by atoms with Crippen molar-refractivity contribution in [2.75, 3.05) is 11.8 Å². The molecule has 3 N–H and O–H groups in total. The van der Waals surface area contributed by atoms with Crippen molar-refractivity contribution in [1.29, 1.82) is 0 Å². The summed E-state index contributed by atoms with van der Waals surface area (Å²) in [5, 5.41) is 9.61. The van der Waals surface area contributed by atoms with Gasteiger partial charge < -0.3 is 9.84 Å². The summed E-state index contributed by atoms with van der Waals surface area (Å²) in [5.41, 5.74) is -0.327. The maximum absolute atomic E-state index is 14.9. The third kappa shape index (κ3) is 3.60. The Morgan fingerprint density at radius 3 is 2.64 bits per heavy atom. The maximum atomic E-state index is 14.9. The van der Waals surface area contributed by atoms with Gasteiger partial charge in [0, 0.05) is 24.2 Å². The topological polar surface area (TPSA) is 108 Å². The number of rotatable bonds is 5. The normalized spacial score (nSPS) is 15.7. The summed E-state index contributed by atoms with van der Waals surface area (Å²) in [7, 11) is -2.69. The van der Waals surface area contributed by atoms with Crippen molar-refractivity contribution in [2.24, 2.45) is 0 Å². The van der Waals surface area contributed by atoms with Crippen molar-refractivity contribution in [3.63, 3.8) is 0 Å². The van der Waals surface area contributed by atoms with E-state index in [0.717, 1.165) is 0 Å². The Balaban J connectivity index is 1.96. The number of anilines is 1. The van der Waals surface area contributed by atoms with Crippen LogP contribution in [-0.2, 0) is 22.3 Å². The van der Waals surface area contributed by atoms with Gasteiger partial charge in [0.15, 0.2) is 5.82 Å². The van der Waals surface area contributed by atoms with E-state index in [1.165, 1.54) is 42.3 Å². The lowest BCUT2D eigenvalue weighted by Gasteiger charge is -2.42. The number of phenols is 1. The molecule has 0 spiro atoms. The summed E-state index contributed by atoms with van der Waals surface area (Å²) in [5.74, 6) is -0.588. The fraction of sp³-hybridized carbons (Fsp3) is 0.278. The van der Waals surface area contributed by atoms with Crippen molar-refractivity contribution in [2.45, 2.75) is 25.9 Å². The standard InChI is InChI=1S/C18H20FN3O5S/c1-18(2)13-8-7-12(23)9-15(13)27-17(24)22(18)10-11-5-4-6-14(16(11)19)21-28(25,26)20-3/h4-9,20-21,23H,10H2,1-3H3. The highest BCUT2D eigenvalue weighted by molar-refractivity contribution is 7.90. The number of carbonyl (C=O) groups is 1. The number of benzene rings is 2. The second kappa shape index (κ2) is 6.95. The highest BCUT2D eigenvalue weighted by Gasteiger charge is 2.41. The van der Waals surface area contributed by atoms with Gasteiger partial charge in [-0.15, -0.1) is 0 Å². The molecule has 8 nitrogen and oxygen atoms in total. The van der Waals surface area contributed by atoms with Gasteiger partial charge in [0.25, 0.3) is 10.2 Å². The Bertz CT molecular complexity index is 1040. The molecule has 150 valence electrons. The smallest absolute Gasteiger partial charge is 0.416 e. The first-order valence-electron chi connectivity index (χ1n) is 8.37. The number of fused-ring (bicyclic) bond motifs is 1. The predicted octanol–water partition coefficient (Wildman–Crippen LogP) is 2.66. The average Bonchev–Trinajstić information content (AvgIpc) is 2.61. The average molecular weight is 409 g/mol. The second-order valence-corrected chi connectivity index (χ2v) is 8.40. The molecule has 1 aliphatic heterocycles. The van der Waals surface area contributed by atoms with Crippen molar-refractivity contribution in [3.8, 4) is 11.5 Å². The minimum Gasteiger partial charge on any atom is -0.508 e. The summed E-state index contributed by atoms with van der Waals surface area (Å²) >= 11 is 0. The predicted molar refractivity (Wildman–Crippen MR) is 101 cm³/mol. The van der Waals surface area contributed by atoms with Crippen LogP contribution >= 0.6 is 0 Å². The number of amides is 1. The fourth-order valence-electron chi connectivity index (χ4n) is 3.03. The van der Waals surface area contributed by atoms with Crippen LogP contribution < -0.4 is 14.2 Å². The molecule has 28 heavy (non-hydrogen) atoms. The van der Waals surface area contributed by atoms with Gasteiger partial charge in [0.2, 0.25) is 0 Å². The van der Waals surface area contributed by atoms with E-state index < -0.39 is 27.7 Å². The molecular formula is C18H20FN3O5S. The lowest BCUT2D eigenvalue weighted by Crippen LogP contribution is -2.50. The molecular weight excluding hydrogens is 389 g/mol. The first-order valence-corrected chi connectivity index (χ1v) is 9.85. The van der Waals surface area contributed by atoms with Gasteiger partial charge in [-0.05, 0) is 32.0 Å². The SMILES string of the molecule is CNS(=O)(=O)Nc1cccc(CN2C(=O)Oc3cc(O)ccc3C2(C)C)c1F. The molecule has 0 fully saturated rings. The molecule has 1 heterocycles. The molecule has 1 aliphatic rings. The molecule has 0 aliphatic carbocycles. The van der Waals surface area contributed by atoms with E-state index in [1.807, 2.05) is 4.72 Å². The zero-order valence-corrected chi connectivity index (χ0v) is 16.3. The van der Waals surface area contributed by atoms with Crippen LogP contribution in [0.15, 0.2) is 36.4 Å². The molecule has 0 unspecified atom stereocenters. The van der Waals surface area contributed by atoms with Gasteiger partial charge in [0.05, 0.1) is 17.8 Å². The highest BCUT2D eigenvalue weighted by atomic mass is 32.2. The summed E-state index contributed by atoms with van der Waals surface area (Å²) < 4.78 is 47.6. The van der Waals surface area contributed by atoms with Crippen LogP contribution in [0.1, 0.15) is 25.0 Å². The number of hydrogen-bond donors (Lipinski definition) is 3. The van der Waals surface area contributed by atoms with Gasteiger partial charge >= 0.3 is 6.09 Å². The maximum Gasteiger partial charge on any atom is 0.416 e. The highest BCUT2D eigenvalue weighted by Crippen LogP contribution is 2.41. The molecule has 0 radical (unpaired) electrons. The van der Waals surface area contributed by atoms with E-state index in [2.05, 4.69) is 4.72 Å².